The minimum absolute atomic E-state index is 0.105. The van der Waals surface area contributed by atoms with Crippen LogP contribution in [0.2, 0.25) is 0 Å². The van der Waals surface area contributed by atoms with Crippen molar-refractivity contribution in [1.29, 1.82) is 0 Å². The molecule has 0 saturated carbocycles. The van der Waals surface area contributed by atoms with Gasteiger partial charge in [0.1, 0.15) is 6.04 Å². The van der Waals surface area contributed by atoms with Crippen LogP contribution in [0, 0.1) is 6.92 Å². The Morgan fingerprint density at radius 3 is 2.23 bits per heavy atom. The summed E-state index contributed by atoms with van der Waals surface area (Å²) in [5.74, 6) is -1.67. The van der Waals surface area contributed by atoms with E-state index in [1.807, 2.05) is 33.8 Å². The van der Waals surface area contributed by atoms with Crippen LogP contribution in [0.4, 0.5) is 5.69 Å². The topological polar surface area (TPSA) is 84.0 Å². The Morgan fingerprint density at radius 1 is 1.03 bits per heavy atom. The number of benzene rings is 2. The highest BCUT2D eigenvalue weighted by molar-refractivity contribution is 6.23. The number of carbonyl (C=O) groups excluding carboxylic acids is 4. The number of amides is 3. The van der Waals surface area contributed by atoms with E-state index < -0.39 is 29.4 Å². The van der Waals surface area contributed by atoms with Gasteiger partial charge in [-0.3, -0.25) is 14.4 Å². The molecule has 31 heavy (non-hydrogen) atoms. The summed E-state index contributed by atoms with van der Waals surface area (Å²) in [7, 11) is 1.28. The van der Waals surface area contributed by atoms with E-state index >= 15 is 0 Å². The Hall–Kier alpha value is -3.48. The lowest BCUT2D eigenvalue weighted by Crippen LogP contribution is -2.54. The van der Waals surface area contributed by atoms with Crippen molar-refractivity contribution >= 4 is 29.4 Å². The number of esters is 1. The van der Waals surface area contributed by atoms with Crippen molar-refractivity contribution in [3.8, 4) is 0 Å². The summed E-state index contributed by atoms with van der Waals surface area (Å²) in [4.78, 5) is 53.7. The van der Waals surface area contributed by atoms with Crippen LogP contribution in [0.3, 0.4) is 0 Å². The highest BCUT2D eigenvalue weighted by Crippen LogP contribution is 2.31. The Bertz CT molecular complexity index is 1040. The molecule has 162 valence electrons. The summed E-state index contributed by atoms with van der Waals surface area (Å²) >= 11 is 0. The van der Waals surface area contributed by atoms with E-state index in [1.54, 1.807) is 18.2 Å². The Balaban J connectivity index is 1.94. The van der Waals surface area contributed by atoms with E-state index in [-0.39, 0.29) is 12.3 Å². The second kappa shape index (κ2) is 8.34. The minimum atomic E-state index is -0.916. The fraction of sp³-hybridized carbons (Fsp3) is 0.333. The van der Waals surface area contributed by atoms with E-state index in [1.165, 1.54) is 36.3 Å². The van der Waals surface area contributed by atoms with Crippen LogP contribution in [0.1, 0.15) is 53.5 Å². The van der Waals surface area contributed by atoms with Gasteiger partial charge in [-0.1, -0.05) is 17.7 Å². The predicted octanol–water partition coefficient (Wildman–Crippen LogP) is 3.35. The lowest BCUT2D eigenvalue weighted by Gasteiger charge is -2.39. The predicted molar refractivity (Wildman–Crippen MR) is 116 cm³/mol. The van der Waals surface area contributed by atoms with Gasteiger partial charge in [-0.05, 0) is 64.1 Å². The van der Waals surface area contributed by atoms with Crippen LogP contribution in [0.5, 0.6) is 0 Å². The highest BCUT2D eigenvalue weighted by Gasteiger charge is 2.47. The minimum Gasteiger partial charge on any atom is -0.465 e. The third-order valence-electron chi connectivity index (χ3n) is 5.19. The molecule has 0 aliphatic carbocycles. The first kappa shape index (κ1) is 22.2. The monoisotopic (exact) mass is 422 g/mol. The van der Waals surface area contributed by atoms with Crippen molar-refractivity contribution < 1.29 is 23.9 Å². The van der Waals surface area contributed by atoms with Crippen molar-refractivity contribution in [2.75, 3.05) is 12.0 Å². The molecule has 7 heteroatoms. The summed E-state index contributed by atoms with van der Waals surface area (Å²) in [6.07, 6.45) is -0.105. The molecule has 0 radical (unpaired) electrons. The SMILES string of the molecule is COC(=O)c1ccc(N2C(=O)CC(N(C(=O)c3cccc(C)c3)C(C)(C)C)C2=O)cc1. The van der Waals surface area contributed by atoms with Crippen molar-refractivity contribution in [1.82, 2.24) is 4.90 Å². The van der Waals surface area contributed by atoms with Crippen LogP contribution in [-0.4, -0.2) is 47.3 Å². The maximum Gasteiger partial charge on any atom is 0.337 e. The summed E-state index contributed by atoms with van der Waals surface area (Å²) in [5.41, 5.74) is 1.37. The van der Waals surface area contributed by atoms with Crippen LogP contribution < -0.4 is 4.90 Å². The molecule has 7 nitrogen and oxygen atoms in total. The van der Waals surface area contributed by atoms with Crippen LogP contribution >= 0.6 is 0 Å². The van der Waals surface area contributed by atoms with Gasteiger partial charge >= 0.3 is 5.97 Å². The lowest BCUT2D eigenvalue weighted by molar-refractivity contribution is -0.123. The zero-order valence-corrected chi connectivity index (χ0v) is 18.3. The number of carbonyl (C=O) groups is 4. The van der Waals surface area contributed by atoms with Gasteiger partial charge in [0.15, 0.2) is 0 Å². The molecular weight excluding hydrogens is 396 g/mol. The fourth-order valence-electron chi connectivity index (χ4n) is 3.78. The van der Waals surface area contributed by atoms with Crippen LogP contribution in [0.25, 0.3) is 0 Å². The van der Waals surface area contributed by atoms with Crippen molar-refractivity contribution in [2.24, 2.45) is 0 Å². The van der Waals surface area contributed by atoms with Gasteiger partial charge in [0, 0.05) is 11.1 Å². The van der Waals surface area contributed by atoms with Crippen LogP contribution in [0.15, 0.2) is 48.5 Å². The van der Waals surface area contributed by atoms with E-state index in [0.717, 1.165) is 10.5 Å². The maximum atomic E-state index is 13.4. The number of aryl methyl sites for hydroxylation is 1. The van der Waals surface area contributed by atoms with Gasteiger partial charge in [0.05, 0.1) is 24.8 Å². The molecule has 1 saturated heterocycles. The van der Waals surface area contributed by atoms with Crippen molar-refractivity contribution in [2.45, 2.75) is 45.7 Å². The third-order valence-corrected chi connectivity index (χ3v) is 5.19. The molecule has 0 aromatic heterocycles. The van der Waals surface area contributed by atoms with Gasteiger partial charge in [-0.25, -0.2) is 9.69 Å². The van der Waals surface area contributed by atoms with Gasteiger partial charge < -0.3 is 9.64 Å². The molecule has 3 rings (SSSR count). The van der Waals surface area contributed by atoms with E-state index in [2.05, 4.69) is 4.74 Å². The first-order valence-corrected chi connectivity index (χ1v) is 10.00. The molecule has 2 aromatic carbocycles. The second-order valence-corrected chi connectivity index (χ2v) is 8.54. The number of methoxy groups -OCH3 is 1. The molecular formula is C24H26N2O5. The van der Waals surface area contributed by atoms with Gasteiger partial charge in [-0.15, -0.1) is 0 Å². The summed E-state index contributed by atoms with van der Waals surface area (Å²) in [6.45, 7) is 7.41. The molecule has 2 aromatic rings. The quantitative estimate of drug-likeness (QED) is 0.557. The molecule has 0 spiro atoms. The Kier molecular flexibility index (Phi) is 5.97. The summed E-state index contributed by atoms with van der Waals surface area (Å²) in [5, 5.41) is 0. The van der Waals surface area contributed by atoms with Crippen molar-refractivity contribution in [3.63, 3.8) is 0 Å². The van der Waals surface area contributed by atoms with E-state index in [4.69, 9.17) is 0 Å². The molecule has 1 aliphatic heterocycles. The number of hydrogen-bond acceptors (Lipinski definition) is 5. The number of nitrogens with zero attached hydrogens (tertiary/aromatic N) is 2. The molecule has 1 fully saturated rings. The molecule has 0 N–H and O–H groups in total. The molecule has 1 atom stereocenters. The van der Waals surface area contributed by atoms with Gasteiger partial charge in [-0.2, -0.15) is 0 Å². The fourth-order valence-corrected chi connectivity index (χ4v) is 3.78. The Labute approximate surface area is 181 Å². The normalized spacial score (nSPS) is 16.4. The van der Waals surface area contributed by atoms with E-state index in [9.17, 15) is 19.2 Å². The number of imide groups is 1. The molecule has 1 aliphatic rings. The van der Waals surface area contributed by atoms with Crippen LogP contribution in [-0.2, 0) is 14.3 Å². The largest absolute Gasteiger partial charge is 0.465 e. The maximum absolute atomic E-state index is 13.4. The number of hydrogen-bond donors (Lipinski definition) is 0. The first-order valence-electron chi connectivity index (χ1n) is 10.00. The smallest absolute Gasteiger partial charge is 0.337 e. The summed E-state index contributed by atoms with van der Waals surface area (Å²) in [6, 6.07) is 12.3. The molecule has 3 amide bonds. The highest BCUT2D eigenvalue weighted by atomic mass is 16.5. The number of rotatable bonds is 4. The first-order chi connectivity index (χ1) is 14.5. The average Bonchev–Trinajstić information content (AvgIpc) is 3.00. The van der Waals surface area contributed by atoms with Gasteiger partial charge in [0.25, 0.3) is 11.8 Å². The number of ether oxygens (including phenoxy) is 1. The van der Waals surface area contributed by atoms with Crippen molar-refractivity contribution in [3.05, 3.63) is 65.2 Å². The molecule has 1 unspecified atom stereocenters. The Morgan fingerprint density at radius 2 is 1.68 bits per heavy atom. The zero-order chi connectivity index (χ0) is 22.9. The summed E-state index contributed by atoms with van der Waals surface area (Å²) < 4.78 is 4.68. The number of anilines is 1. The van der Waals surface area contributed by atoms with E-state index in [0.29, 0.717) is 16.8 Å². The zero-order valence-electron chi connectivity index (χ0n) is 18.3. The molecule has 0 bridgehead atoms. The molecule has 1 heterocycles. The van der Waals surface area contributed by atoms with Gasteiger partial charge in [0.2, 0.25) is 5.91 Å². The standard InChI is InChI=1S/C24H26N2O5/c1-15-7-6-8-17(13-15)21(28)26(24(2,3)4)19-14-20(27)25(22(19)29)18-11-9-16(10-12-18)23(30)31-5/h6-13,19H,14H2,1-5H3. The third kappa shape index (κ3) is 4.35. The second-order valence-electron chi connectivity index (χ2n) is 8.54. The average molecular weight is 422 g/mol. The lowest BCUT2D eigenvalue weighted by atomic mass is 9.99.